The van der Waals surface area contributed by atoms with E-state index in [2.05, 4.69) is 20.6 Å². The molecule has 7 heteroatoms. The van der Waals surface area contributed by atoms with E-state index in [-0.39, 0.29) is 5.78 Å². The van der Waals surface area contributed by atoms with Gasteiger partial charge in [0.25, 0.3) is 0 Å². The average molecular weight is 301 g/mol. The summed E-state index contributed by atoms with van der Waals surface area (Å²) in [7, 11) is 0. The number of fused-ring (bicyclic) bond motifs is 1. The molecule has 6 nitrogen and oxygen atoms in total. The van der Waals surface area contributed by atoms with Crippen LogP contribution in [-0.2, 0) is 13.0 Å². The Morgan fingerprint density at radius 3 is 3.00 bits per heavy atom. The Balaban J connectivity index is 1.98. The fourth-order valence-corrected chi connectivity index (χ4v) is 3.34. The second-order valence-corrected chi connectivity index (χ2v) is 5.81. The number of rotatable bonds is 3. The molecule has 0 N–H and O–H groups in total. The zero-order valence-corrected chi connectivity index (χ0v) is 12.6. The molecular weight excluding hydrogens is 286 g/mol. The summed E-state index contributed by atoms with van der Waals surface area (Å²) in [5, 5.41) is 19.4. The molecule has 1 aliphatic heterocycles. The van der Waals surface area contributed by atoms with Gasteiger partial charge in [-0.05, 0) is 31.3 Å². The highest BCUT2D eigenvalue weighted by molar-refractivity contribution is 7.04. The molecule has 2 aromatic heterocycles. The van der Waals surface area contributed by atoms with Gasteiger partial charge < -0.3 is 4.57 Å². The summed E-state index contributed by atoms with van der Waals surface area (Å²) in [5.41, 5.74) is 1.18. The van der Waals surface area contributed by atoms with Crippen molar-refractivity contribution in [2.45, 2.75) is 45.1 Å². The van der Waals surface area contributed by atoms with Crippen LogP contribution in [-0.4, -0.2) is 24.9 Å². The Morgan fingerprint density at radius 1 is 1.43 bits per heavy atom. The van der Waals surface area contributed by atoms with E-state index in [9.17, 15) is 10.1 Å². The normalized spacial score (nSPS) is 15.8. The van der Waals surface area contributed by atoms with Crippen LogP contribution in [0.15, 0.2) is 5.38 Å². The molecule has 0 amide bonds. The van der Waals surface area contributed by atoms with Gasteiger partial charge in [0.05, 0.1) is 17.3 Å². The predicted molar refractivity (Wildman–Crippen MR) is 77.1 cm³/mol. The third-order valence-corrected chi connectivity index (χ3v) is 4.52. The van der Waals surface area contributed by atoms with Gasteiger partial charge in [-0.25, -0.2) is 0 Å². The molecule has 21 heavy (non-hydrogen) atoms. The van der Waals surface area contributed by atoms with Gasteiger partial charge in [0.2, 0.25) is 0 Å². The lowest BCUT2D eigenvalue weighted by molar-refractivity contribution is 0.0974. The van der Waals surface area contributed by atoms with E-state index >= 15 is 0 Å². The molecule has 2 aromatic rings. The van der Waals surface area contributed by atoms with Crippen LogP contribution in [0.5, 0.6) is 0 Å². The van der Waals surface area contributed by atoms with E-state index in [0.29, 0.717) is 17.1 Å². The highest BCUT2D eigenvalue weighted by atomic mass is 32.1. The van der Waals surface area contributed by atoms with E-state index in [1.54, 1.807) is 12.3 Å². The van der Waals surface area contributed by atoms with Crippen molar-refractivity contribution in [1.29, 1.82) is 5.26 Å². The Morgan fingerprint density at radius 2 is 2.29 bits per heavy atom. The minimum absolute atomic E-state index is 0.233. The number of aryl methyl sites for hydroxylation is 2. The largest absolute Gasteiger partial charge is 0.313 e. The topological polar surface area (TPSA) is 84.5 Å². The van der Waals surface area contributed by atoms with Crippen molar-refractivity contribution in [3.8, 4) is 6.07 Å². The fraction of sp³-hybridized carbons (Fsp3) is 0.500. The number of carbonyl (C=O) groups is 1. The van der Waals surface area contributed by atoms with Gasteiger partial charge in [0, 0.05) is 18.3 Å². The lowest BCUT2D eigenvalue weighted by atomic mass is 9.99. The van der Waals surface area contributed by atoms with Gasteiger partial charge in [0.1, 0.15) is 5.82 Å². The first-order chi connectivity index (χ1) is 10.2. The molecule has 0 spiro atoms. The van der Waals surface area contributed by atoms with E-state index in [0.717, 1.165) is 38.1 Å². The number of nitrogens with zero attached hydrogens (tertiary/aromatic N) is 5. The summed E-state index contributed by atoms with van der Waals surface area (Å²) in [5.74, 6) is 0.225. The van der Waals surface area contributed by atoms with Gasteiger partial charge >= 0.3 is 0 Å². The van der Waals surface area contributed by atoms with Crippen molar-refractivity contribution in [3.63, 3.8) is 0 Å². The predicted octanol–water partition coefficient (Wildman–Crippen LogP) is 2.26. The summed E-state index contributed by atoms with van der Waals surface area (Å²) in [6, 6.07) is 2.09. The minimum Gasteiger partial charge on any atom is -0.313 e. The molecule has 0 aromatic carbocycles. The molecule has 3 rings (SSSR count). The monoisotopic (exact) mass is 301 g/mol. The Labute approximate surface area is 126 Å². The highest BCUT2D eigenvalue weighted by Crippen LogP contribution is 2.24. The Hall–Kier alpha value is -2.07. The van der Waals surface area contributed by atoms with Crippen LogP contribution in [0, 0.1) is 18.3 Å². The SMILES string of the molecule is Cc1nscc1C(=O)C(C#N)c1nnc2n1CCCCC2. The fourth-order valence-electron chi connectivity index (χ4n) is 2.64. The first-order valence-electron chi connectivity index (χ1n) is 6.99. The van der Waals surface area contributed by atoms with Gasteiger partial charge in [-0.15, -0.1) is 10.2 Å². The summed E-state index contributed by atoms with van der Waals surface area (Å²) in [6.45, 7) is 2.56. The molecule has 1 aliphatic rings. The van der Waals surface area contributed by atoms with Crippen molar-refractivity contribution in [2.75, 3.05) is 0 Å². The van der Waals surface area contributed by atoms with Crippen LogP contribution < -0.4 is 0 Å². The molecule has 0 saturated carbocycles. The smallest absolute Gasteiger partial charge is 0.190 e. The number of hydrogen-bond donors (Lipinski definition) is 0. The summed E-state index contributed by atoms with van der Waals surface area (Å²) in [4.78, 5) is 12.6. The molecule has 0 fully saturated rings. The molecule has 1 atom stereocenters. The number of nitriles is 1. The zero-order chi connectivity index (χ0) is 14.8. The maximum absolute atomic E-state index is 12.6. The lowest BCUT2D eigenvalue weighted by Gasteiger charge is -2.10. The standard InChI is InChI=1S/C14H15N5OS/c1-9-11(8-21-18-9)13(20)10(7-15)14-17-16-12-5-3-2-4-6-19(12)14/h8,10H,2-6H2,1H3. The number of carbonyl (C=O) groups excluding carboxylic acids is 1. The minimum atomic E-state index is -0.903. The van der Waals surface area contributed by atoms with Gasteiger partial charge in [-0.3, -0.25) is 4.79 Å². The Kier molecular flexibility index (Phi) is 3.80. The summed E-state index contributed by atoms with van der Waals surface area (Å²) in [6.07, 6.45) is 4.11. The molecule has 0 aliphatic carbocycles. The third-order valence-electron chi connectivity index (χ3n) is 3.80. The van der Waals surface area contributed by atoms with E-state index in [1.165, 1.54) is 11.5 Å². The van der Waals surface area contributed by atoms with Crippen LogP contribution in [0.4, 0.5) is 0 Å². The maximum atomic E-state index is 12.6. The molecule has 0 saturated heterocycles. The van der Waals surface area contributed by atoms with Crippen LogP contribution >= 0.6 is 11.5 Å². The highest BCUT2D eigenvalue weighted by Gasteiger charge is 2.30. The number of hydrogen-bond acceptors (Lipinski definition) is 6. The van der Waals surface area contributed by atoms with Crippen molar-refractivity contribution in [3.05, 3.63) is 28.3 Å². The molecule has 1 unspecified atom stereocenters. The Bertz CT molecular complexity index is 711. The number of Topliss-reactive ketones (excluding diaryl/α,β-unsaturated/α-hetero) is 1. The van der Waals surface area contributed by atoms with Crippen molar-refractivity contribution in [1.82, 2.24) is 19.1 Å². The van der Waals surface area contributed by atoms with Crippen molar-refractivity contribution >= 4 is 17.3 Å². The van der Waals surface area contributed by atoms with E-state index < -0.39 is 5.92 Å². The van der Waals surface area contributed by atoms with Crippen molar-refractivity contribution in [2.24, 2.45) is 0 Å². The molecule has 108 valence electrons. The summed E-state index contributed by atoms with van der Waals surface area (Å²) >= 11 is 1.23. The first kappa shape index (κ1) is 13.9. The maximum Gasteiger partial charge on any atom is 0.190 e. The second kappa shape index (κ2) is 5.74. The first-order valence-corrected chi connectivity index (χ1v) is 7.83. The van der Waals surface area contributed by atoms with Crippen LogP contribution in [0.2, 0.25) is 0 Å². The number of ketones is 1. The lowest BCUT2D eigenvalue weighted by Crippen LogP contribution is -2.18. The molecular formula is C14H15N5OS. The second-order valence-electron chi connectivity index (χ2n) is 5.18. The van der Waals surface area contributed by atoms with Crippen molar-refractivity contribution < 1.29 is 4.79 Å². The molecule has 3 heterocycles. The number of aromatic nitrogens is 4. The van der Waals surface area contributed by atoms with Gasteiger partial charge in [-0.2, -0.15) is 9.64 Å². The third kappa shape index (κ3) is 2.47. The van der Waals surface area contributed by atoms with Gasteiger partial charge in [0.15, 0.2) is 17.5 Å². The summed E-state index contributed by atoms with van der Waals surface area (Å²) < 4.78 is 6.06. The molecule has 0 radical (unpaired) electrons. The van der Waals surface area contributed by atoms with Crippen LogP contribution in [0.25, 0.3) is 0 Å². The zero-order valence-electron chi connectivity index (χ0n) is 11.7. The van der Waals surface area contributed by atoms with Gasteiger partial charge in [-0.1, -0.05) is 6.42 Å². The van der Waals surface area contributed by atoms with Crippen LogP contribution in [0.1, 0.15) is 52.9 Å². The van der Waals surface area contributed by atoms with Crippen LogP contribution in [0.3, 0.4) is 0 Å². The van der Waals surface area contributed by atoms with E-state index in [1.807, 2.05) is 4.57 Å². The average Bonchev–Trinajstić information content (AvgIpc) is 3.00. The quantitative estimate of drug-likeness (QED) is 0.812. The van der Waals surface area contributed by atoms with E-state index in [4.69, 9.17) is 0 Å². The molecule has 0 bridgehead atoms.